The zero-order chi connectivity index (χ0) is 22.8. The molecule has 0 unspecified atom stereocenters. The molecular formula is C20H32O10. The van der Waals surface area contributed by atoms with Crippen LogP contribution in [0.3, 0.4) is 0 Å². The van der Waals surface area contributed by atoms with Crippen LogP contribution in [0, 0.1) is 5.92 Å². The third-order valence-corrected chi connectivity index (χ3v) is 4.01. The molecule has 1 rings (SSSR count). The Morgan fingerprint density at radius 1 is 0.767 bits per heavy atom. The van der Waals surface area contributed by atoms with Crippen LogP contribution >= 0.6 is 0 Å². The van der Waals surface area contributed by atoms with Crippen LogP contribution in [0.5, 0.6) is 0 Å². The van der Waals surface area contributed by atoms with E-state index in [-0.39, 0.29) is 0 Å². The SMILES string of the molecule is CC(=O)O[C@H]1O[C@H](CCCOCC(C)C)[C@@H](OC(C)=O)[C@H](OC(C)=O)[C@H]1OC(C)=O. The maximum absolute atomic E-state index is 11.7. The number of carbonyl (C=O) groups is 4. The zero-order valence-corrected chi connectivity index (χ0v) is 18.4. The van der Waals surface area contributed by atoms with E-state index in [9.17, 15) is 19.2 Å². The molecule has 5 atom stereocenters. The zero-order valence-electron chi connectivity index (χ0n) is 18.4. The number of hydrogen-bond acceptors (Lipinski definition) is 10. The normalized spacial score (nSPS) is 26.0. The molecule has 1 aliphatic rings. The van der Waals surface area contributed by atoms with Crippen LogP contribution in [0.4, 0.5) is 0 Å². The summed E-state index contributed by atoms with van der Waals surface area (Å²) in [5.74, 6) is -2.31. The molecule has 0 amide bonds. The maximum Gasteiger partial charge on any atom is 0.305 e. The molecule has 10 nitrogen and oxygen atoms in total. The van der Waals surface area contributed by atoms with Crippen molar-refractivity contribution in [2.24, 2.45) is 5.92 Å². The summed E-state index contributed by atoms with van der Waals surface area (Å²) < 4.78 is 32.4. The molecule has 1 saturated heterocycles. The van der Waals surface area contributed by atoms with Gasteiger partial charge < -0.3 is 28.4 Å². The van der Waals surface area contributed by atoms with Crippen molar-refractivity contribution >= 4 is 23.9 Å². The first-order chi connectivity index (χ1) is 14.0. The summed E-state index contributed by atoms with van der Waals surface area (Å²) in [7, 11) is 0. The highest BCUT2D eigenvalue weighted by Crippen LogP contribution is 2.31. The molecule has 1 fully saturated rings. The second-order valence-corrected chi connectivity index (χ2v) is 7.49. The smallest absolute Gasteiger partial charge is 0.305 e. The average molecular weight is 432 g/mol. The van der Waals surface area contributed by atoms with Gasteiger partial charge in [-0.3, -0.25) is 19.2 Å². The van der Waals surface area contributed by atoms with Gasteiger partial charge in [-0.25, -0.2) is 0 Å². The topological polar surface area (TPSA) is 124 Å². The van der Waals surface area contributed by atoms with Crippen LogP contribution in [-0.2, 0) is 47.6 Å². The molecule has 0 N–H and O–H groups in total. The van der Waals surface area contributed by atoms with Crippen molar-refractivity contribution in [1.82, 2.24) is 0 Å². The summed E-state index contributed by atoms with van der Waals surface area (Å²) in [6.07, 6.45) is -4.78. The summed E-state index contributed by atoms with van der Waals surface area (Å²) in [5.41, 5.74) is 0. The van der Waals surface area contributed by atoms with Crippen LogP contribution < -0.4 is 0 Å². The quantitative estimate of drug-likeness (QED) is 0.285. The molecule has 0 radical (unpaired) electrons. The lowest BCUT2D eigenvalue weighted by atomic mass is 9.95. The van der Waals surface area contributed by atoms with Gasteiger partial charge in [0.1, 0.15) is 6.10 Å². The Morgan fingerprint density at radius 3 is 1.77 bits per heavy atom. The molecule has 0 aromatic rings. The summed E-state index contributed by atoms with van der Waals surface area (Å²) in [6.45, 7) is 9.78. The van der Waals surface area contributed by atoms with Crippen molar-refractivity contribution in [2.75, 3.05) is 13.2 Å². The number of hydrogen-bond donors (Lipinski definition) is 0. The molecule has 0 aromatic heterocycles. The van der Waals surface area contributed by atoms with E-state index >= 15 is 0 Å². The molecule has 0 saturated carbocycles. The van der Waals surface area contributed by atoms with Crippen LogP contribution in [0.2, 0.25) is 0 Å². The minimum atomic E-state index is -1.33. The van der Waals surface area contributed by atoms with Gasteiger partial charge in [-0.05, 0) is 18.8 Å². The second-order valence-electron chi connectivity index (χ2n) is 7.49. The minimum absolute atomic E-state index is 0.359. The highest BCUT2D eigenvalue weighted by atomic mass is 16.7. The number of ether oxygens (including phenoxy) is 6. The first-order valence-corrected chi connectivity index (χ1v) is 9.93. The van der Waals surface area contributed by atoms with Crippen LogP contribution in [-0.4, -0.2) is 67.8 Å². The van der Waals surface area contributed by atoms with Crippen molar-refractivity contribution in [3.8, 4) is 0 Å². The Bertz CT molecular complexity index is 602. The second kappa shape index (κ2) is 12.5. The van der Waals surface area contributed by atoms with Crippen LogP contribution in [0.25, 0.3) is 0 Å². The van der Waals surface area contributed by atoms with Gasteiger partial charge in [0.2, 0.25) is 12.4 Å². The largest absolute Gasteiger partial charge is 0.456 e. The van der Waals surface area contributed by atoms with Gasteiger partial charge >= 0.3 is 23.9 Å². The summed E-state index contributed by atoms with van der Waals surface area (Å²) in [6, 6.07) is 0. The van der Waals surface area contributed by atoms with E-state index < -0.39 is 54.6 Å². The molecule has 1 heterocycles. The monoisotopic (exact) mass is 432 g/mol. The van der Waals surface area contributed by atoms with Crippen molar-refractivity contribution in [3.05, 3.63) is 0 Å². The Labute approximate surface area is 176 Å². The Morgan fingerprint density at radius 2 is 1.27 bits per heavy atom. The van der Waals surface area contributed by atoms with Crippen molar-refractivity contribution < 1.29 is 47.6 Å². The van der Waals surface area contributed by atoms with E-state index in [4.69, 9.17) is 28.4 Å². The highest BCUT2D eigenvalue weighted by Gasteiger charge is 2.52. The minimum Gasteiger partial charge on any atom is -0.456 e. The molecule has 30 heavy (non-hydrogen) atoms. The van der Waals surface area contributed by atoms with E-state index in [0.717, 1.165) is 6.92 Å². The molecular weight excluding hydrogens is 400 g/mol. The molecule has 172 valence electrons. The molecule has 0 bridgehead atoms. The first kappa shape index (κ1) is 25.8. The van der Waals surface area contributed by atoms with E-state index in [2.05, 4.69) is 0 Å². The van der Waals surface area contributed by atoms with Gasteiger partial charge in [-0.1, -0.05) is 13.8 Å². The number of carbonyl (C=O) groups excluding carboxylic acids is 4. The summed E-state index contributed by atoms with van der Waals surface area (Å²) in [5, 5.41) is 0. The fourth-order valence-electron chi connectivity index (χ4n) is 3.05. The predicted molar refractivity (Wildman–Crippen MR) is 102 cm³/mol. The average Bonchev–Trinajstić information content (AvgIpc) is 2.58. The van der Waals surface area contributed by atoms with Crippen molar-refractivity contribution in [1.29, 1.82) is 0 Å². The fourth-order valence-corrected chi connectivity index (χ4v) is 3.05. The summed E-state index contributed by atoms with van der Waals surface area (Å²) in [4.78, 5) is 46.5. The molecule has 0 aromatic carbocycles. The third kappa shape index (κ3) is 9.08. The van der Waals surface area contributed by atoms with Crippen molar-refractivity contribution in [3.63, 3.8) is 0 Å². The van der Waals surface area contributed by atoms with E-state index in [0.29, 0.717) is 32.0 Å². The van der Waals surface area contributed by atoms with Gasteiger partial charge in [0.15, 0.2) is 12.2 Å². The summed E-state index contributed by atoms with van der Waals surface area (Å²) >= 11 is 0. The number of rotatable bonds is 10. The lowest BCUT2D eigenvalue weighted by molar-refractivity contribution is -0.296. The molecule has 1 aliphatic heterocycles. The third-order valence-electron chi connectivity index (χ3n) is 4.01. The van der Waals surface area contributed by atoms with Gasteiger partial charge in [-0.2, -0.15) is 0 Å². The highest BCUT2D eigenvalue weighted by molar-refractivity contribution is 5.69. The standard InChI is InChI=1S/C20H32O10/c1-11(2)10-25-9-7-8-16-17(26-12(3)21)18(27-13(4)22)19(28-14(5)23)20(30-16)29-15(6)24/h11,16-20H,7-10H2,1-6H3/t16-,17-,18+,19-,20+/m1/s1. The Hall–Kier alpha value is -2.20. The Balaban J connectivity index is 3.09. The van der Waals surface area contributed by atoms with Gasteiger partial charge in [0.05, 0.1) is 0 Å². The van der Waals surface area contributed by atoms with Crippen molar-refractivity contribution in [2.45, 2.75) is 85.1 Å². The number of esters is 4. The fraction of sp³-hybridized carbons (Fsp3) is 0.800. The molecule has 0 aliphatic carbocycles. The maximum atomic E-state index is 11.7. The molecule has 10 heteroatoms. The van der Waals surface area contributed by atoms with Gasteiger partial charge in [0, 0.05) is 40.9 Å². The first-order valence-electron chi connectivity index (χ1n) is 9.93. The van der Waals surface area contributed by atoms with Crippen LogP contribution in [0.1, 0.15) is 54.4 Å². The Kier molecular flexibility index (Phi) is 10.8. The van der Waals surface area contributed by atoms with E-state index in [1.165, 1.54) is 20.8 Å². The van der Waals surface area contributed by atoms with E-state index in [1.807, 2.05) is 13.8 Å². The van der Waals surface area contributed by atoms with Gasteiger partial charge in [0.25, 0.3) is 0 Å². The van der Waals surface area contributed by atoms with Gasteiger partial charge in [-0.15, -0.1) is 0 Å². The van der Waals surface area contributed by atoms with Crippen LogP contribution in [0.15, 0.2) is 0 Å². The van der Waals surface area contributed by atoms with E-state index in [1.54, 1.807) is 0 Å². The lowest BCUT2D eigenvalue weighted by Crippen LogP contribution is -2.62. The molecule has 0 spiro atoms. The predicted octanol–water partition coefficient (Wildman–Crippen LogP) is 1.52. The lowest BCUT2D eigenvalue weighted by Gasteiger charge is -2.44.